The maximum Gasteiger partial charge on any atom is 0.289 e. The Hall–Kier alpha value is -1.86. The molecule has 1 amide bonds. The predicted octanol–water partition coefficient (Wildman–Crippen LogP) is 4.81. The highest BCUT2D eigenvalue weighted by atomic mass is 35.5. The molecule has 8 heteroatoms. The van der Waals surface area contributed by atoms with Crippen LogP contribution in [0, 0.1) is 5.82 Å². The first kappa shape index (κ1) is 17.5. The normalized spacial score (nSPS) is 10.7. The molecular weight excluding hydrogens is 351 g/mol. The maximum atomic E-state index is 12.7. The second-order valence-corrected chi connectivity index (χ2v) is 5.69. The largest absolute Gasteiger partial charge is 0.484 e. The number of alkyl halides is 2. The Morgan fingerprint density at radius 1 is 1.22 bits per heavy atom. The predicted molar refractivity (Wildman–Crippen MR) is 83.8 cm³/mol. The Morgan fingerprint density at radius 2 is 1.91 bits per heavy atom. The van der Waals surface area contributed by atoms with E-state index in [9.17, 15) is 18.0 Å². The zero-order valence-corrected chi connectivity index (χ0v) is 13.1. The highest BCUT2D eigenvalue weighted by Gasteiger charge is 2.15. The van der Waals surface area contributed by atoms with Crippen molar-refractivity contribution in [3.8, 4) is 5.75 Å². The molecular formula is C15H11ClF3NO2S. The van der Waals surface area contributed by atoms with E-state index in [0.717, 1.165) is 0 Å². The van der Waals surface area contributed by atoms with Crippen molar-refractivity contribution in [2.24, 2.45) is 0 Å². The number of carbonyl (C=O) groups excluding carboxylic acids is 1. The summed E-state index contributed by atoms with van der Waals surface area (Å²) < 4.78 is 43.0. The summed E-state index contributed by atoms with van der Waals surface area (Å²) in [6.45, 7) is -0.350. The molecule has 0 radical (unpaired) electrons. The molecule has 2 aromatic rings. The number of carbonyl (C=O) groups is 1. The fourth-order valence-electron chi connectivity index (χ4n) is 1.68. The summed E-state index contributed by atoms with van der Waals surface area (Å²) >= 11 is 6.12. The highest BCUT2D eigenvalue weighted by Crippen LogP contribution is 2.37. The molecule has 23 heavy (non-hydrogen) atoms. The van der Waals surface area contributed by atoms with Gasteiger partial charge in [0.1, 0.15) is 11.6 Å². The zero-order chi connectivity index (χ0) is 16.8. The fraction of sp³-hybridized carbons (Fsp3) is 0.133. The number of hydrogen-bond donors (Lipinski definition) is 1. The first-order chi connectivity index (χ1) is 11.0. The number of anilines is 1. The van der Waals surface area contributed by atoms with Crippen molar-refractivity contribution in [3.05, 3.63) is 53.3 Å². The van der Waals surface area contributed by atoms with Gasteiger partial charge in [-0.15, -0.1) is 0 Å². The molecule has 0 aliphatic carbocycles. The molecule has 0 heterocycles. The molecule has 1 N–H and O–H groups in total. The van der Waals surface area contributed by atoms with Crippen LogP contribution in [0.3, 0.4) is 0 Å². The lowest BCUT2D eigenvalue weighted by Gasteiger charge is -2.12. The number of hydrogen-bond acceptors (Lipinski definition) is 3. The van der Waals surface area contributed by atoms with Crippen molar-refractivity contribution < 1.29 is 22.7 Å². The summed E-state index contributed by atoms with van der Waals surface area (Å²) in [5.41, 5.74) is 0.176. The second-order valence-electron chi connectivity index (χ2n) is 4.29. The first-order valence-electron chi connectivity index (χ1n) is 6.37. The molecule has 0 atom stereocenters. The molecule has 0 saturated carbocycles. The van der Waals surface area contributed by atoms with E-state index in [1.165, 1.54) is 42.5 Å². The van der Waals surface area contributed by atoms with Gasteiger partial charge in [0.2, 0.25) is 0 Å². The molecule has 0 aromatic heterocycles. The standard InChI is InChI=1S/C15H11ClF3NO2S/c16-11-2-1-3-12(14(11)23-15(18)19)20-13(21)8-22-10-6-4-9(17)5-7-10/h1-7,15H,8H2,(H,20,21). The molecule has 2 aromatic carbocycles. The summed E-state index contributed by atoms with van der Waals surface area (Å²) in [7, 11) is 0. The molecule has 0 aliphatic heterocycles. The average molecular weight is 362 g/mol. The molecule has 0 unspecified atom stereocenters. The van der Waals surface area contributed by atoms with Crippen molar-refractivity contribution in [3.63, 3.8) is 0 Å². The Balaban J connectivity index is 2.00. The van der Waals surface area contributed by atoms with Crippen LogP contribution in [0.1, 0.15) is 0 Å². The van der Waals surface area contributed by atoms with E-state index in [-0.39, 0.29) is 34.0 Å². The fourth-order valence-corrected chi connectivity index (χ4v) is 2.60. The van der Waals surface area contributed by atoms with Crippen LogP contribution in [0.2, 0.25) is 5.02 Å². The Kier molecular flexibility index (Phi) is 6.18. The minimum atomic E-state index is -2.67. The van der Waals surface area contributed by atoms with Crippen LogP contribution in [0.4, 0.5) is 18.9 Å². The Labute approximate surface area is 139 Å². The molecule has 3 nitrogen and oxygen atoms in total. The third kappa shape index (κ3) is 5.37. The van der Waals surface area contributed by atoms with Gasteiger partial charge in [0.05, 0.1) is 15.6 Å². The van der Waals surface area contributed by atoms with Gasteiger partial charge in [0.15, 0.2) is 6.61 Å². The number of rotatable bonds is 6. The molecule has 0 spiro atoms. The van der Waals surface area contributed by atoms with E-state index in [1.807, 2.05) is 0 Å². The van der Waals surface area contributed by atoms with Crippen LogP contribution in [0.15, 0.2) is 47.4 Å². The van der Waals surface area contributed by atoms with E-state index in [1.54, 1.807) is 0 Å². The van der Waals surface area contributed by atoms with Gasteiger partial charge in [0.25, 0.3) is 11.7 Å². The quantitative estimate of drug-likeness (QED) is 0.750. The minimum Gasteiger partial charge on any atom is -0.484 e. The number of nitrogens with one attached hydrogen (secondary N) is 1. The lowest BCUT2D eigenvalue weighted by molar-refractivity contribution is -0.118. The SMILES string of the molecule is O=C(COc1ccc(F)cc1)Nc1cccc(Cl)c1SC(F)F. The van der Waals surface area contributed by atoms with Gasteiger partial charge in [-0.05, 0) is 36.4 Å². The number of thioether (sulfide) groups is 1. The zero-order valence-electron chi connectivity index (χ0n) is 11.6. The monoisotopic (exact) mass is 361 g/mol. The third-order valence-electron chi connectivity index (χ3n) is 2.63. The van der Waals surface area contributed by atoms with Gasteiger partial charge in [-0.2, -0.15) is 8.78 Å². The molecule has 2 rings (SSSR count). The van der Waals surface area contributed by atoms with E-state index >= 15 is 0 Å². The Bertz CT molecular complexity index is 683. The second kappa shape index (κ2) is 8.12. The van der Waals surface area contributed by atoms with E-state index in [2.05, 4.69) is 5.32 Å². The molecule has 122 valence electrons. The van der Waals surface area contributed by atoms with Crippen molar-refractivity contribution in [1.29, 1.82) is 0 Å². The van der Waals surface area contributed by atoms with E-state index in [4.69, 9.17) is 16.3 Å². The van der Waals surface area contributed by atoms with Gasteiger partial charge >= 0.3 is 0 Å². The van der Waals surface area contributed by atoms with Crippen LogP contribution < -0.4 is 10.1 Å². The van der Waals surface area contributed by atoms with Crippen LogP contribution in [0.25, 0.3) is 0 Å². The lowest BCUT2D eigenvalue weighted by Crippen LogP contribution is -2.20. The number of halogens is 4. The smallest absolute Gasteiger partial charge is 0.289 e. The lowest BCUT2D eigenvalue weighted by atomic mass is 10.3. The topological polar surface area (TPSA) is 38.3 Å². The van der Waals surface area contributed by atoms with Gasteiger partial charge in [-0.1, -0.05) is 29.4 Å². The van der Waals surface area contributed by atoms with Crippen LogP contribution in [-0.2, 0) is 4.79 Å². The number of ether oxygens (including phenoxy) is 1. The molecule has 0 saturated heterocycles. The minimum absolute atomic E-state index is 0.0827. The molecule has 0 fully saturated rings. The van der Waals surface area contributed by atoms with Crippen molar-refractivity contribution in [2.45, 2.75) is 10.7 Å². The van der Waals surface area contributed by atoms with Crippen molar-refractivity contribution >= 4 is 35.0 Å². The van der Waals surface area contributed by atoms with Gasteiger partial charge in [-0.3, -0.25) is 4.79 Å². The summed E-state index contributed by atoms with van der Waals surface area (Å²) in [6.07, 6.45) is 0. The summed E-state index contributed by atoms with van der Waals surface area (Å²) in [5.74, 6) is -3.32. The average Bonchev–Trinajstić information content (AvgIpc) is 2.50. The van der Waals surface area contributed by atoms with E-state index in [0.29, 0.717) is 5.75 Å². The molecule has 0 aliphatic rings. The van der Waals surface area contributed by atoms with Gasteiger partial charge in [0, 0.05) is 0 Å². The van der Waals surface area contributed by atoms with Crippen LogP contribution in [0.5, 0.6) is 5.75 Å². The maximum absolute atomic E-state index is 12.7. The number of benzene rings is 2. The summed E-state index contributed by atoms with van der Waals surface area (Å²) in [4.78, 5) is 11.9. The summed E-state index contributed by atoms with van der Waals surface area (Å²) in [6, 6.07) is 9.60. The highest BCUT2D eigenvalue weighted by molar-refractivity contribution is 7.99. The van der Waals surface area contributed by atoms with Gasteiger partial charge < -0.3 is 10.1 Å². The van der Waals surface area contributed by atoms with Gasteiger partial charge in [-0.25, -0.2) is 4.39 Å². The van der Waals surface area contributed by atoms with Crippen molar-refractivity contribution in [1.82, 2.24) is 0 Å². The van der Waals surface area contributed by atoms with Crippen molar-refractivity contribution in [2.75, 3.05) is 11.9 Å². The molecule has 0 bridgehead atoms. The van der Waals surface area contributed by atoms with E-state index < -0.39 is 17.5 Å². The number of amides is 1. The van der Waals surface area contributed by atoms with Crippen LogP contribution in [-0.4, -0.2) is 18.3 Å². The third-order valence-corrected chi connectivity index (χ3v) is 3.91. The summed E-state index contributed by atoms with van der Waals surface area (Å²) in [5, 5.41) is 2.58. The first-order valence-corrected chi connectivity index (χ1v) is 7.63. The van der Waals surface area contributed by atoms with Crippen LogP contribution >= 0.6 is 23.4 Å². The Morgan fingerprint density at radius 3 is 2.57 bits per heavy atom.